The molecule has 1 aromatic carbocycles. The molecule has 3 rings (SSSR count). The SMILES string of the molecule is CN1CCC=C(c2noc(-c3ccccc3)n2)C1. The van der Waals surface area contributed by atoms with E-state index in [-0.39, 0.29) is 0 Å². The van der Waals surface area contributed by atoms with Crippen molar-refractivity contribution in [2.24, 2.45) is 0 Å². The second-order valence-electron chi connectivity index (χ2n) is 4.54. The lowest BCUT2D eigenvalue weighted by Gasteiger charge is -2.20. The maximum atomic E-state index is 5.32. The zero-order chi connectivity index (χ0) is 12.4. The Morgan fingerprint density at radius 1 is 1.22 bits per heavy atom. The van der Waals surface area contributed by atoms with Gasteiger partial charge in [0.2, 0.25) is 0 Å². The lowest BCUT2D eigenvalue weighted by atomic mass is 10.1. The molecule has 0 unspecified atom stereocenters. The first-order valence-electron chi connectivity index (χ1n) is 6.10. The highest BCUT2D eigenvalue weighted by Crippen LogP contribution is 2.21. The molecule has 2 aromatic rings. The molecule has 1 aliphatic heterocycles. The number of nitrogens with zero attached hydrogens (tertiary/aromatic N) is 3. The Hall–Kier alpha value is -1.94. The van der Waals surface area contributed by atoms with Crippen LogP contribution in [0.2, 0.25) is 0 Å². The van der Waals surface area contributed by atoms with E-state index in [4.69, 9.17) is 4.52 Å². The van der Waals surface area contributed by atoms with Gasteiger partial charge in [-0.15, -0.1) is 0 Å². The summed E-state index contributed by atoms with van der Waals surface area (Å²) in [5.41, 5.74) is 2.11. The van der Waals surface area contributed by atoms with Gasteiger partial charge in [-0.3, -0.25) is 0 Å². The van der Waals surface area contributed by atoms with Crippen LogP contribution in [0.4, 0.5) is 0 Å². The highest BCUT2D eigenvalue weighted by molar-refractivity contribution is 5.63. The van der Waals surface area contributed by atoms with Gasteiger partial charge in [0.15, 0.2) is 5.82 Å². The molecule has 0 aliphatic carbocycles. The molecule has 4 nitrogen and oxygen atoms in total. The van der Waals surface area contributed by atoms with Crippen molar-refractivity contribution < 1.29 is 4.52 Å². The second-order valence-corrected chi connectivity index (χ2v) is 4.54. The first-order valence-corrected chi connectivity index (χ1v) is 6.10. The van der Waals surface area contributed by atoms with E-state index in [1.807, 2.05) is 30.3 Å². The molecule has 0 amide bonds. The summed E-state index contributed by atoms with van der Waals surface area (Å²) in [4.78, 5) is 6.72. The van der Waals surface area contributed by atoms with Gasteiger partial charge in [-0.05, 0) is 25.6 Å². The van der Waals surface area contributed by atoms with Crippen LogP contribution in [0.3, 0.4) is 0 Å². The van der Waals surface area contributed by atoms with E-state index < -0.39 is 0 Å². The number of likely N-dealkylation sites (N-methyl/N-ethyl adjacent to an activating group) is 1. The van der Waals surface area contributed by atoms with Crippen molar-refractivity contribution >= 4 is 5.57 Å². The quantitative estimate of drug-likeness (QED) is 0.810. The van der Waals surface area contributed by atoms with Crippen molar-refractivity contribution in [3.63, 3.8) is 0 Å². The van der Waals surface area contributed by atoms with Crippen LogP contribution in [0.25, 0.3) is 17.0 Å². The van der Waals surface area contributed by atoms with Crippen LogP contribution < -0.4 is 0 Å². The van der Waals surface area contributed by atoms with Crippen molar-refractivity contribution in [1.82, 2.24) is 15.0 Å². The molecule has 2 heterocycles. The number of hydrogen-bond donors (Lipinski definition) is 0. The Balaban J connectivity index is 1.88. The predicted molar refractivity (Wildman–Crippen MR) is 69.8 cm³/mol. The van der Waals surface area contributed by atoms with Gasteiger partial charge in [-0.2, -0.15) is 4.98 Å². The molecule has 0 atom stereocenters. The smallest absolute Gasteiger partial charge is 0.258 e. The Bertz CT molecular complexity index is 559. The Morgan fingerprint density at radius 2 is 2.06 bits per heavy atom. The Labute approximate surface area is 106 Å². The molecular weight excluding hydrogens is 226 g/mol. The van der Waals surface area contributed by atoms with Gasteiger partial charge in [0.05, 0.1) is 0 Å². The van der Waals surface area contributed by atoms with Crippen LogP contribution in [0, 0.1) is 0 Å². The normalized spacial score (nSPS) is 16.6. The summed E-state index contributed by atoms with van der Waals surface area (Å²) in [6, 6.07) is 9.84. The van der Waals surface area contributed by atoms with Crippen LogP contribution >= 0.6 is 0 Å². The zero-order valence-corrected chi connectivity index (χ0v) is 10.3. The van der Waals surface area contributed by atoms with Gasteiger partial charge in [0, 0.05) is 24.2 Å². The molecule has 4 heteroatoms. The van der Waals surface area contributed by atoms with Crippen molar-refractivity contribution in [2.75, 3.05) is 20.1 Å². The fourth-order valence-electron chi connectivity index (χ4n) is 2.11. The number of benzene rings is 1. The lowest BCUT2D eigenvalue weighted by Crippen LogP contribution is -2.25. The fourth-order valence-corrected chi connectivity index (χ4v) is 2.11. The molecule has 0 radical (unpaired) electrons. The van der Waals surface area contributed by atoms with Crippen molar-refractivity contribution in [1.29, 1.82) is 0 Å². The van der Waals surface area contributed by atoms with Crippen molar-refractivity contribution in [3.05, 3.63) is 42.2 Å². The van der Waals surface area contributed by atoms with Crippen LogP contribution in [-0.2, 0) is 0 Å². The van der Waals surface area contributed by atoms with Gasteiger partial charge in [0.1, 0.15) is 0 Å². The molecule has 0 spiro atoms. The zero-order valence-electron chi connectivity index (χ0n) is 10.3. The first-order chi connectivity index (χ1) is 8.83. The highest BCUT2D eigenvalue weighted by Gasteiger charge is 2.16. The maximum Gasteiger partial charge on any atom is 0.258 e. The first kappa shape index (κ1) is 11.2. The average molecular weight is 241 g/mol. The number of aromatic nitrogens is 2. The van der Waals surface area contributed by atoms with E-state index in [0.717, 1.165) is 30.6 Å². The summed E-state index contributed by atoms with van der Waals surface area (Å²) in [6.07, 6.45) is 3.24. The van der Waals surface area contributed by atoms with E-state index in [1.54, 1.807) is 0 Å². The molecule has 18 heavy (non-hydrogen) atoms. The standard InChI is InChI=1S/C14H15N3O/c1-17-9-5-8-12(10-17)13-15-14(18-16-13)11-6-3-2-4-7-11/h2-4,6-8H,5,9-10H2,1H3. The Morgan fingerprint density at radius 3 is 2.83 bits per heavy atom. The summed E-state index contributed by atoms with van der Waals surface area (Å²) in [5.74, 6) is 1.29. The van der Waals surface area contributed by atoms with Gasteiger partial charge < -0.3 is 9.42 Å². The molecule has 0 N–H and O–H groups in total. The van der Waals surface area contributed by atoms with E-state index >= 15 is 0 Å². The molecule has 0 saturated carbocycles. The van der Waals surface area contributed by atoms with E-state index in [1.165, 1.54) is 0 Å². The maximum absolute atomic E-state index is 5.32. The topological polar surface area (TPSA) is 42.2 Å². The van der Waals surface area contributed by atoms with Crippen LogP contribution in [0.15, 0.2) is 40.9 Å². The minimum atomic E-state index is 0.583. The van der Waals surface area contributed by atoms with Gasteiger partial charge in [-0.25, -0.2) is 0 Å². The molecule has 0 fully saturated rings. The summed E-state index contributed by atoms with van der Waals surface area (Å²) < 4.78 is 5.32. The molecule has 92 valence electrons. The van der Waals surface area contributed by atoms with Crippen LogP contribution in [0.5, 0.6) is 0 Å². The lowest BCUT2D eigenvalue weighted by molar-refractivity contribution is 0.370. The van der Waals surface area contributed by atoms with Crippen molar-refractivity contribution in [3.8, 4) is 11.5 Å². The van der Waals surface area contributed by atoms with E-state index in [2.05, 4.69) is 28.2 Å². The number of rotatable bonds is 2. The predicted octanol–water partition coefficient (Wildman–Crippen LogP) is 2.46. The molecular formula is C14H15N3O. The fraction of sp³-hybridized carbons (Fsp3) is 0.286. The van der Waals surface area contributed by atoms with Gasteiger partial charge >= 0.3 is 0 Å². The third kappa shape index (κ3) is 2.19. The van der Waals surface area contributed by atoms with Crippen molar-refractivity contribution in [2.45, 2.75) is 6.42 Å². The molecule has 1 aromatic heterocycles. The second kappa shape index (κ2) is 4.74. The summed E-state index contributed by atoms with van der Waals surface area (Å²) in [6.45, 7) is 1.97. The highest BCUT2D eigenvalue weighted by atomic mass is 16.5. The third-order valence-electron chi connectivity index (χ3n) is 3.08. The van der Waals surface area contributed by atoms with Gasteiger partial charge in [-0.1, -0.05) is 29.4 Å². The summed E-state index contributed by atoms with van der Waals surface area (Å²) >= 11 is 0. The van der Waals surface area contributed by atoms with Crippen LogP contribution in [0.1, 0.15) is 12.2 Å². The average Bonchev–Trinajstić information content (AvgIpc) is 2.89. The van der Waals surface area contributed by atoms with Gasteiger partial charge in [0.25, 0.3) is 5.89 Å². The summed E-state index contributed by atoms with van der Waals surface area (Å²) in [7, 11) is 2.10. The minimum absolute atomic E-state index is 0.583. The minimum Gasteiger partial charge on any atom is -0.334 e. The third-order valence-corrected chi connectivity index (χ3v) is 3.08. The number of hydrogen-bond acceptors (Lipinski definition) is 4. The van der Waals surface area contributed by atoms with E-state index in [0.29, 0.717) is 11.7 Å². The van der Waals surface area contributed by atoms with E-state index in [9.17, 15) is 0 Å². The molecule has 0 bridgehead atoms. The molecule has 0 saturated heterocycles. The van der Waals surface area contributed by atoms with Crippen LogP contribution in [-0.4, -0.2) is 35.2 Å². The largest absolute Gasteiger partial charge is 0.334 e. The summed E-state index contributed by atoms with van der Waals surface area (Å²) in [5, 5.41) is 4.07. The monoisotopic (exact) mass is 241 g/mol. The molecule has 1 aliphatic rings. The Kier molecular flexibility index (Phi) is 2.94.